The highest BCUT2D eigenvalue weighted by Crippen LogP contribution is 2.21. The molecule has 0 radical (unpaired) electrons. The van der Waals surface area contributed by atoms with Crippen LogP contribution in [0.2, 0.25) is 0 Å². The summed E-state index contributed by atoms with van der Waals surface area (Å²) in [5.74, 6) is 0.661. The number of pyridine rings is 1. The van der Waals surface area contributed by atoms with Gasteiger partial charge in [-0.2, -0.15) is 0 Å². The molecule has 1 aromatic heterocycles. The minimum absolute atomic E-state index is 0. The fourth-order valence-corrected chi connectivity index (χ4v) is 3.28. The molecule has 2 fully saturated rings. The molecule has 0 aromatic carbocycles. The molecule has 2 amide bonds. The van der Waals surface area contributed by atoms with Crippen molar-refractivity contribution in [3.8, 4) is 0 Å². The Labute approximate surface area is 161 Å². The number of hydrogen-bond acceptors (Lipinski definition) is 4. The molecule has 0 spiro atoms. The highest BCUT2D eigenvalue weighted by Gasteiger charge is 2.32. The van der Waals surface area contributed by atoms with Gasteiger partial charge in [0.25, 0.3) is 0 Å². The summed E-state index contributed by atoms with van der Waals surface area (Å²) in [5.41, 5.74) is 1.06. The molecule has 3 rings (SSSR count). The molecule has 0 saturated carbocycles. The van der Waals surface area contributed by atoms with E-state index >= 15 is 0 Å². The predicted molar refractivity (Wildman–Crippen MR) is 102 cm³/mol. The van der Waals surface area contributed by atoms with E-state index in [1.54, 1.807) is 6.20 Å². The molecule has 3 heterocycles. The first kappa shape index (κ1) is 21.7. The first-order valence-corrected chi connectivity index (χ1v) is 8.36. The zero-order valence-electron chi connectivity index (χ0n) is 14.4. The fraction of sp³-hybridized carbons (Fsp3) is 0.588. The Morgan fingerprint density at radius 1 is 1.24 bits per heavy atom. The summed E-state index contributed by atoms with van der Waals surface area (Å²) in [6, 6.07) is 3.73. The average molecular weight is 389 g/mol. The highest BCUT2D eigenvalue weighted by atomic mass is 35.5. The molecule has 2 N–H and O–H groups in total. The van der Waals surface area contributed by atoms with Crippen molar-refractivity contribution in [3.63, 3.8) is 0 Å². The zero-order valence-corrected chi connectivity index (χ0v) is 16.0. The largest absolute Gasteiger partial charge is 0.342 e. The number of carbonyl (C=O) groups is 2. The van der Waals surface area contributed by atoms with E-state index in [0.29, 0.717) is 12.4 Å². The van der Waals surface area contributed by atoms with Gasteiger partial charge in [-0.15, -0.1) is 24.8 Å². The molecule has 2 saturated heterocycles. The van der Waals surface area contributed by atoms with Crippen molar-refractivity contribution in [1.29, 1.82) is 0 Å². The Balaban J connectivity index is 0.00000156. The van der Waals surface area contributed by atoms with Gasteiger partial charge in [0.2, 0.25) is 11.8 Å². The molecule has 2 aliphatic heterocycles. The molecule has 2 aliphatic rings. The second-order valence-corrected chi connectivity index (χ2v) is 6.52. The number of amides is 2. The number of likely N-dealkylation sites (tertiary alicyclic amines) is 1. The van der Waals surface area contributed by atoms with E-state index in [-0.39, 0.29) is 48.5 Å². The van der Waals surface area contributed by atoms with Crippen LogP contribution >= 0.6 is 24.8 Å². The first-order chi connectivity index (χ1) is 11.1. The van der Waals surface area contributed by atoms with Crippen LogP contribution < -0.4 is 10.6 Å². The molecule has 140 valence electrons. The zero-order chi connectivity index (χ0) is 16.2. The van der Waals surface area contributed by atoms with Crippen LogP contribution in [-0.2, 0) is 9.59 Å². The standard InChI is InChI=1S/C17H24N4O2.2ClH/c1-12-4-5-15(19-9-12)20-16(22)14-3-2-8-21(11-14)17(23)13-6-7-18-10-13;;/h4-5,9,13-14,18H,2-3,6-8,10-11H2,1H3,(H,19,20,22);2*1H. The Hall–Kier alpha value is -1.37. The van der Waals surface area contributed by atoms with Gasteiger partial charge in [-0.25, -0.2) is 4.98 Å². The van der Waals surface area contributed by atoms with Gasteiger partial charge in [-0.05, 0) is 44.4 Å². The van der Waals surface area contributed by atoms with Gasteiger partial charge in [0.05, 0.1) is 11.8 Å². The van der Waals surface area contributed by atoms with E-state index in [2.05, 4.69) is 15.6 Å². The second-order valence-electron chi connectivity index (χ2n) is 6.52. The number of rotatable bonds is 3. The Morgan fingerprint density at radius 2 is 2.04 bits per heavy atom. The van der Waals surface area contributed by atoms with Crippen molar-refractivity contribution in [2.75, 3.05) is 31.5 Å². The number of aryl methyl sites for hydroxylation is 1. The van der Waals surface area contributed by atoms with Crippen molar-refractivity contribution in [3.05, 3.63) is 23.9 Å². The Kier molecular flexibility index (Phi) is 8.62. The number of aromatic nitrogens is 1. The number of piperidine rings is 1. The van der Waals surface area contributed by atoms with Gasteiger partial charge < -0.3 is 15.5 Å². The van der Waals surface area contributed by atoms with Crippen LogP contribution in [0.3, 0.4) is 0 Å². The molecule has 2 atom stereocenters. The third-order valence-electron chi connectivity index (χ3n) is 4.68. The quantitative estimate of drug-likeness (QED) is 0.830. The minimum Gasteiger partial charge on any atom is -0.342 e. The predicted octanol–water partition coefficient (Wildman–Crippen LogP) is 2.02. The third kappa shape index (κ3) is 5.56. The maximum atomic E-state index is 12.5. The molecule has 6 nitrogen and oxygen atoms in total. The van der Waals surface area contributed by atoms with Crippen LogP contribution in [0.15, 0.2) is 18.3 Å². The molecule has 0 bridgehead atoms. The van der Waals surface area contributed by atoms with Gasteiger partial charge in [-0.1, -0.05) is 6.07 Å². The molecule has 1 aromatic rings. The molecular weight excluding hydrogens is 363 g/mol. The number of carbonyl (C=O) groups excluding carboxylic acids is 2. The fourth-order valence-electron chi connectivity index (χ4n) is 3.28. The lowest BCUT2D eigenvalue weighted by atomic mass is 9.95. The van der Waals surface area contributed by atoms with Gasteiger partial charge in [-0.3, -0.25) is 9.59 Å². The lowest BCUT2D eigenvalue weighted by molar-refractivity contribution is -0.138. The molecule has 0 aliphatic carbocycles. The van der Waals surface area contributed by atoms with Gasteiger partial charge in [0, 0.05) is 25.8 Å². The summed E-state index contributed by atoms with van der Waals surface area (Å²) in [6.07, 6.45) is 4.34. The van der Waals surface area contributed by atoms with Crippen LogP contribution in [0.1, 0.15) is 24.8 Å². The Bertz CT molecular complexity index is 577. The van der Waals surface area contributed by atoms with Crippen LogP contribution in [0.5, 0.6) is 0 Å². The Morgan fingerprint density at radius 3 is 2.68 bits per heavy atom. The maximum absolute atomic E-state index is 12.5. The molecule has 2 unspecified atom stereocenters. The number of anilines is 1. The lowest BCUT2D eigenvalue weighted by Gasteiger charge is -2.33. The van der Waals surface area contributed by atoms with Crippen molar-refractivity contribution in [1.82, 2.24) is 15.2 Å². The van der Waals surface area contributed by atoms with E-state index in [1.807, 2.05) is 24.0 Å². The molecule has 8 heteroatoms. The van der Waals surface area contributed by atoms with Crippen LogP contribution in [0, 0.1) is 18.8 Å². The molecular formula is C17H26Cl2N4O2. The number of nitrogens with one attached hydrogen (secondary N) is 2. The van der Waals surface area contributed by atoms with Crippen LogP contribution in [-0.4, -0.2) is 47.9 Å². The summed E-state index contributed by atoms with van der Waals surface area (Å²) in [5, 5.41) is 6.10. The SMILES string of the molecule is Cc1ccc(NC(=O)C2CCCN(C(=O)C3CCNC3)C2)nc1.Cl.Cl. The van der Waals surface area contributed by atoms with E-state index in [4.69, 9.17) is 0 Å². The normalized spacial score (nSPS) is 22.5. The summed E-state index contributed by atoms with van der Waals surface area (Å²) >= 11 is 0. The van der Waals surface area contributed by atoms with E-state index in [0.717, 1.165) is 44.5 Å². The smallest absolute Gasteiger partial charge is 0.230 e. The topological polar surface area (TPSA) is 74.3 Å². The van der Waals surface area contributed by atoms with Crippen molar-refractivity contribution >= 4 is 42.4 Å². The number of halogens is 2. The average Bonchev–Trinajstić information content (AvgIpc) is 3.11. The summed E-state index contributed by atoms with van der Waals surface area (Å²) < 4.78 is 0. The van der Waals surface area contributed by atoms with Crippen molar-refractivity contribution in [2.45, 2.75) is 26.2 Å². The summed E-state index contributed by atoms with van der Waals surface area (Å²) in [6.45, 7) is 4.92. The first-order valence-electron chi connectivity index (χ1n) is 8.36. The van der Waals surface area contributed by atoms with Crippen molar-refractivity contribution < 1.29 is 9.59 Å². The lowest BCUT2D eigenvalue weighted by Crippen LogP contribution is -2.46. The third-order valence-corrected chi connectivity index (χ3v) is 4.68. The second kappa shape index (κ2) is 9.94. The van der Waals surface area contributed by atoms with E-state index in [9.17, 15) is 9.59 Å². The summed E-state index contributed by atoms with van der Waals surface area (Å²) in [7, 11) is 0. The van der Waals surface area contributed by atoms with Gasteiger partial charge in [0.15, 0.2) is 0 Å². The summed E-state index contributed by atoms with van der Waals surface area (Å²) in [4.78, 5) is 31.0. The minimum atomic E-state index is -0.148. The molecule has 25 heavy (non-hydrogen) atoms. The monoisotopic (exact) mass is 388 g/mol. The van der Waals surface area contributed by atoms with E-state index < -0.39 is 0 Å². The van der Waals surface area contributed by atoms with Gasteiger partial charge >= 0.3 is 0 Å². The van der Waals surface area contributed by atoms with E-state index in [1.165, 1.54) is 0 Å². The van der Waals surface area contributed by atoms with Crippen LogP contribution in [0.4, 0.5) is 5.82 Å². The maximum Gasteiger partial charge on any atom is 0.230 e. The number of nitrogens with zero attached hydrogens (tertiary/aromatic N) is 2. The van der Waals surface area contributed by atoms with Gasteiger partial charge in [0.1, 0.15) is 5.82 Å². The van der Waals surface area contributed by atoms with Crippen LogP contribution in [0.25, 0.3) is 0 Å². The van der Waals surface area contributed by atoms with Crippen molar-refractivity contribution in [2.24, 2.45) is 11.8 Å². The number of hydrogen-bond donors (Lipinski definition) is 2. The highest BCUT2D eigenvalue weighted by molar-refractivity contribution is 5.92.